The van der Waals surface area contributed by atoms with Crippen LogP contribution in [0, 0.1) is 0 Å². The average molecular weight is 207 g/mol. The zero-order chi connectivity index (χ0) is 10.7. The summed E-state index contributed by atoms with van der Waals surface area (Å²) in [5.74, 6) is 1.02. The van der Waals surface area contributed by atoms with Gasteiger partial charge in [0, 0.05) is 19.3 Å². The fraction of sp³-hybridized carbons (Fsp3) is 0.545. The molecule has 1 aliphatic heterocycles. The molecule has 1 aliphatic rings. The first-order valence-corrected chi connectivity index (χ1v) is 5.38. The highest BCUT2D eigenvalue weighted by molar-refractivity contribution is 5.40. The number of aromatic nitrogens is 1. The molecule has 1 aromatic heterocycles. The highest BCUT2D eigenvalue weighted by Crippen LogP contribution is 2.18. The van der Waals surface area contributed by atoms with Gasteiger partial charge in [0.05, 0.1) is 12.6 Å². The number of rotatable bonds is 3. The normalized spacial score (nSPS) is 18.1. The lowest BCUT2D eigenvalue weighted by Crippen LogP contribution is -2.20. The van der Waals surface area contributed by atoms with Crippen molar-refractivity contribution in [1.29, 1.82) is 0 Å². The lowest BCUT2D eigenvalue weighted by molar-refractivity contribution is 0.268. The van der Waals surface area contributed by atoms with Crippen molar-refractivity contribution in [3.05, 3.63) is 23.9 Å². The SMILES string of the molecule is N[C@@H](CO)c1ccc(N2CCCC2)nc1. The molecule has 0 radical (unpaired) electrons. The minimum Gasteiger partial charge on any atom is -0.394 e. The number of aliphatic hydroxyl groups is 1. The van der Waals surface area contributed by atoms with Crippen LogP contribution in [0.4, 0.5) is 5.82 Å². The second-order valence-corrected chi connectivity index (χ2v) is 3.93. The molecule has 0 spiro atoms. The van der Waals surface area contributed by atoms with Crippen molar-refractivity contribution in [3.8, 4) is 0 Å². The van der Waals surface area contributed by atoms with Crippen LogP contribution in [0.25, 0.3) is 0 Å². The topological polar surface area (TPSA) is 62.4 Å². The molecule has 0 aliphatic carbocycles. The molecule has 0 aromatic carbocycles. The maximum Gasteiger partial charge on any atom is 0.128 e. The van der Waals surface area contributed by atoms with Gasteiger partial charge in [0.15, 0.2) is 0 Å². The zero-order valence-corrected chi connectivity index (χ0v) is 8.76. The summed E-state index contributed by atoms with van der Waals surface area (Å²) in [5, 5.41) is 8.91. The first-order chi connectivity index (χ1) is 7.31. The van der Waals surface area contributed by atoms with Gasteiger partial charge in [0.2, 0.25) is 0 Å². The van der Waals surface area contributed by atoms with Crippen LogP contribution in [0.15, 0.2) is 18.3 Å². The van der Waals surface area contributed by atoms with Gasteiger partial charge in [0.25, 0.3) is 0 Å². The maximum absolute atomic E-state index is 8.91. The molecule has 4 nitrogen and oxygen atoms in total. The molecule has 0 saturated carbocycles. The second kappa shape index (κ2) is 4.59. The van der Waals surface area contributed by atoms with Gasteiger partial charge in [-0.25, -0.2) is 4.98 Å². The Morgan fingerprint density at radius 2 is 2.13 bits per heavy atom. The predicted molar refractivity (Wildman–Crippen MR) is 59.7 cm³/mol. The Bertz CT molecular complexity index is 306. The Balaban J connectivity index is 2.09. The molecule has 1 saturated heterocycles. The molecular weight excluding hydrogens is 190 g/mol. The largest absolute Gasteiger partial charge is 0.394 e. The third-order valence-corrected chi connectivity index (χ3v) is 2.83. The lowest BCUT2D eigenvalue weighted by Gasteiger charge is -2.17. The Hall–Kier alpha value is -1.13. The van der Waals surface area contributed by atoms with Crippen LogP contribution in [0.3, 0.4) is 0 Å². The fourth-order valence-corrected chi connectivity index (χ4v) is 1.86. The summed E-state index contributed by atoms with van der Waals surface area (Å²) >= 11 is 0. The summed E-state index contributed by atoms with van der Waals surface area (Å²) in [7, 11) is 0. The molecule has 1 aromatic rings. The van der Waals surface area contributed by atoms with Crippen molar-refractivity contribution in [1.82, 2.24) is 4.98 Å². The summed E-state index contributed by atoms with van der Waals surface area (Å²) in [5.41, 5.74) is 6.58. The first-order valence-electron chi connectivity index (χ1n) is 5.38. The third-order valence-electron chi connectivity index (χ3n) is 2.83. The van der Waals surface area contributed by atoms with Gasteiger partial charge in [-0.3, -0.25) is 0 Å². The molecule has 0 amide bonds. The van der Waals surface area contributed by atoms with Gasteiger partial charge < -0.3 is 15.7 Å². The van der Waals surface area contributed by atoms with Gasteiger partial charge in [-0.15, -0.1) is 0 Å². The third kappa shape index (κ3) is 2.27. The van der Waals surface area contributed by atoms with Crippen LogP contribution in [0.1, 0.15) is 24.4 Å². The van der Waals surface area contributed by atoms with E-state index >= 15 is 0 Å². The molecule has 1 fully saturated rings. The minimum atomic E-state index is -0.315. The van der Waals surface area contributed by atoms with Crippen molar-refractivity contribution in [2.75, 3.05) is 24.6 Å². The molecule has 0 bridgehead atoms. The van der Waals surface area contributed by atoms with E-state index in [1.165, 1.54) is 12.8 Å². The van der Waals surface area contributed by atoms with E-state index < -0.39 is 0 Å². The van der Waals surface area contributed by atoms with Gasteiger partial charge in [-0.2, -0.15) is 0 Å². The van der Waals surface area contributed by atoms with Crippen molar-refractivity contribution in [3.63, 3.8) is 0 Å². The van der Waals surface area contributed by atoms with Crippen molar-refractivity contribution in [2.24, 2.45) is 5.73 Å². The standard InChI is InChI=1S/C11H17N3O/c12-10(8-15)9-3-4-11(13-7-9)14-5-1-2-6-14/h3-4,7,10,15H,1-2,5-6,8,12H2/t10-/m0/s1. The number of nitrogens with two attached hydrogens (primary N) is 1. The van der Waals surface area contributed by atoms with E-state index in [4.69, 9.17) is 10.8 Å². The van der Waals surface area contributed by atoms with Crippen LogP contribution in [-0.4, -0.2) is 29.8 Å². The van der Waals surface area contributed by atoms with Gasteiger partial charge in [0.1, 0.15) is 5.82 Å². The molecule has 2 rings (SSSR count). The Kier molecular flexibility index (Phi) is 3.18. The summed E-state index contributed by atoms with van der Waals surface area (Å²) in [6, 6.07) is 3.61. The van der Waals surface area contributed by atoms with E-state index in [1.54, 1.807) is 6.20 Å². The van der Waals surface area contributed by atoms with E-state index in [-0.39, 0.29) is 12.6 Å². The molecule has 1 atom stereocenters. The van der Waals surface area contributed by atoms with E-state index in [0.717, 1.165) is 24.5 Å². The number of nitrogens with zero attached hydrogens (tertiary/aromatic N) is 2. The average Bonchev–Trinajstić information content (AvgIpc) is 2.82. The van der Waals surface area contributed by atoms with Crippen LogP contribution in [-0.2, 0) is 0 Å². The van der Waals surface area contributed by atoms with Gasteiger partial charge >= 0.3 is 0 Å². The Labute approximate surface area is 89.7 Å². The highest BCUT2D eigenvalue weighted by atomic mass is 16.3. The maximum atomic E-state index is 8.91. The molecule has 15 heavy (non-hydrogen) atoms. The Morgan fingerprint density at radius 3 is 2.67 bits per heavy atom. The number of hydrogen-bond donors (Lipinski definition) is 2. The van der Waals surface area contributed by atoms with Crippen molar-refractivity contribution < 1.29 is 5.11 Å². The Morgan fingerprint density at radius 1 is 1.40 bits per heavy atom. The summed E-state index contributed by atoms with van der Waals surface area (Å²) in [6.07, 6.45) is 4.26. The molecular formula is C11H17N3O. The molecule has 82 valence electrons. The molecule has 4 heteroatoms. The van der Waals surface area contributed by atoms with E-state index in [9.17, 15) is 0 Å². The number of pyridine rings is 1. The minimum absolute atomic E-state index is 0.0370. The molecule has 0 unspecified atom stereocenters. The van der Waals surface area contributed by atoms with Gasteiger partial charge in [-0.1, -0.05) is 6.07 Å². The van der Waals surface area contributed by atoms with Crippen molar-refractivity contribution >= 4 is 5.82 Å². The van der Waals surface area contributed by atoms with E-state index in [2.05, 4.69) is 9.88 Å². The molecule has 3 N–H and O–H groups in total. The summed E-state index contributed by atoms with van der Waals surface area (Å²) in [6.45, 7) is 2.15. The van der Waals surface area contributed by atoms with Crippen LogP contribution >= 0.6 is 0 Å². The second-order valence-electron chi connectivity index (χ2n) is 3.93. The smallest absolute Gasteiger partial charge is 0.128 e. The first kappa shape index (κ1) is 10.4. The van der Waals surface area contributed by atoms with E-state index in [1.807, 2.05) is 12.1 Å². The monoisotopic (exact) mass is 207 g/mol. The fourth-order valence-electron chi connectivity index (χ4n) is 1.86. The number of aliphatic hydroxyl groups excluding tert-OH is 1. The van der Waals surface area contributed by atoms with Crippen molar-refractivity contribution in [2.45, 2.75) is 18.9 Å². The predicted octanol–water partition coefficient (Wildman–Crippen LogP) is 0.674. The lowest BCUT2D eigenvalue weighted by atomic mass is 10.1. The highest BCUT2D eigenvalue weighted by Gasteiger charge is 2.13. The van der Waals surface area contributed by atoms with E-state index in [0.29, 0.717) is 0 Å². The summed E-state index contributed by atoms with van der Waals surface area (Å²) in [4.78, 5) is 6.64. The number of anilines is 1. The van der Waals surface area contributed by atoms with Crippen LogP contribution in [0.5, 0.6) is 0 Å². The quantitative estimate of drug-likeness (QED) is 0.765. The summed E-state index contributed by atoms with van der Waals surface area (Å²) < 4.78 is 0. The molecule has 2 heterocycles. The zero-order valence-electron chi connectivity index (χ0n) is 8.76. The number of hydrogen-bond acceptors (Lipinski definition) is 4. The van der Waals surface area contributed by atoms with Gasteiger partial charge in [-0.05, 0) is 24.5 Å². The van der Waals surface area contributed by atoms with Crippen LogP contribution in [0.2, 0.25) is 0 Å². The van der Waals surface area contributed by atoms with Crippen LogP contribution < -0.4 is 10.6 Å².